The van der Waals surface area contributed by atoms with Crippen molar-refractivity contribution in [3.05, 3.63) is 11.8 Å². The van der Waals surface area contributed by atoms with E-state index in [9.17, 15) is 5.11 Å². The molecular weight excluding hydrogens is 175 g/mol. The summed E-state index contributed by atoms with van der Waals surface area (Å²) in [5.74, 6) is 0.260. The first-order valence-electron chi connectivity index (χ1n) is 2.82. The average molecular weight is 183 g/mol. The van der Waals surface area contributed by atoms with Crippen molar-refractivity contribution in [3.63, 3.8) is 0 Å². The summed E-state index contributed by atoms with van der Waals surface area (Å²) in [6.45, 7) is 0. The molecule has 0 N–H and O–H groups in total. The third-order valence-electron chi connectivity index (χ3n) is 1.32. The van der Waals surface area contributed by atoms with Crippen LogP contribution in [-0.2, 0) is 0 Å². The van der Waals surface area contributed by atoms with Gasteiger partial charge in [0.1, 0.15) is 0 Å². The van der Waals surface area contributed by atoms with Crippen molar-refractivity contribution in [1.29, 1.82) is 0 Å². The Balaban J connectivity index is 0.000000640. The molecule has 9 heavy (non-hydrogen) atoms. The Morgan fingerprint density at radius 1 is 1.67 bits per heavy atom. The maximum atomic E-state index is 10.7. The molecule has 0 fully saturated rings. The molecule has 46 valence electrons. The molecule has 1 aliphatic rings. The van der Waals surface area contributed by atoms with Gasteiger partial charge in [-0.15, -0.1) is 5.76 Å². The van der Waals surface area contributed by atoms with Crippen LogP contribution in [0.4, 0.5) is 0 Å². The molecule has 3 heteroatoms. The van der Waals surface area contributed by atoms with E-state index in [1.807, 2.05) is 0 Å². The molecule has 1 nitrogen and oxygen atoms in total. The third kappa shape index (κ3) is 2.80. The van der Waals surface area contributed by atoms with E-state index in [4.69, 9.17) is 0 Å². The zero-order valence-corrected chi connectivity index (χ0v) is 7.15. The second-order valence-electron chi connectivity index (χ2n) is 2.00. The second kappa shape index (κ2) is 4.44. The maximum absolute atomic E-state index is 10.7. The van der Waals surface area contributed by atoms with Gasteiger partial charge in [0.15, 0.2) is 0 Å². The van der Waals surface area contributed by atoms with Gasteiger partial charge in [-0.1, -0.05) is 22.0 Å². The summed E-state index contributed by atoms with van der Waals surface area (Å²) in [6.07, 6.45) is 4.90. The molecule has 1 aliphatic carbocycles. The first-order chi connectivity index (χ1) is 3.80. The van der Waals surface area contributed by atoms with Gasteiger partial charge in [0, 0.05) is 4.83 Å². The number of hydrogen-bond donors (Lipinski definition) is 0. The Hall–Kier alpha value is 0.617. The molecule has 0 radical (unpaired) electrons. The molecule has 1 unspecified atom stereocenters. The average Bonchev–Trinajstić information content (AvgIpc) is 1.77. The van der Waals surface area contributed by atoms with Crippen molar-refractivity contribution >= 4 is 15.9 Å². The van der Waals surface area contributed by atoms with Gasteiger partial charge in [-0.05, 0) is 19.3 Å². The number of halogens is 1. The van der Waals surface area contributed by atoms with Gasteiger partial charge in [0.2, 0.25) is 0 Å². The van der Waals surface area contributed by atoms with E-state index >= 15 is 0 Å². The van der Waals surface area contributed by atoms with Gasteiger partial charge in [-0.25, -0.2) is 0 Å². The van der Waals surface area contributed by atoms with Gasteiger partial charge < -0.3 is 5.11 Å². The second-order valence-corrected chi connectivity index (χ2v) is 3.11. The van der Waals surface area contributed by atoms with Crippen LogP contribution in [0.2, 0.25) is 0 Å². The van der Waals surface area contributed by atoms with E-state index in [0.29, 0.717) is 0 Å². The summed E-state index contributed by atoms with van der Waals surface area (Å²) in [6, 6.07) is 0. The van der Waals surface area contributed by atoms with Crippen LogP contribution in [0.1, 0.15) is 19.3 Å². The molecule has 1 rings (SSSR count). The predicted molar refractivity (Wildman–Crippen MR) is 34.6 cm³/mol. The van der Waals surface area contributed by atoms with Crippen LogP contribution >= 0.6 is 15.9 Å². The largest absolute Gasteiger partial charge is 1.00 e. The summed E-state index contributed by atoms with van der Waals surface area (Å²) in [5, 5.41) is 10.7. The molecule has 0 spiro atoms. The number of allylic oxidation sites excluding steroid dienone is 2. The quantitative estimate of drug-likeness (QED) is 0.320. The summed E-state index contributed by atoms with van der Waals surface area (Å²) >= 11 is 3.27. The zero-order chi connectivity index (χ0) is 5.98. The van der Waals surface area contributed by atoms with Crippen LogP contribution in [0.25, 0.3) is 0 Å². The summed E-state index contributed by atoms with van der Waals surface area (Å²) < 4.78 is 0. The van der Waals surface area contributed by atoms with Gasteiger partial charge in [-0.3, -0.25) is 0 Å². The van der Waals surface area contributed by atoms with E-state index in [2.05, 4.69) is 15.9 Å². The van der Waals surface area contributed by atoms with E-state index in [1.165, 1.54) is 0 Å². The molecule has 0 heterocycles. The van der Waals surface area contributed by atoms with E-state index in [1.54, 1.807) is 6.08 Å². The van der Waals surface area contributed by atoms with Crippen LogP contribution < -0.4 is 24.0 Å². The van der Waals surface area contributed by atoms with Gasteiger partial charge in [-0.2, -0.15) is 0 Å². The maximum Gasteiger partial charge on any atom is 1.00 e. The summed E-state index contributed by atoms with van der Waals surface area (Å²) in [7, 11) is 0. The fourth-order valence-corrected chi connectivity index (χ4v) is 1.32. The topological polar surface area (TPSA) is 23.1 Å². The molecule has 0 saturated heterocycles. The minimum absolute atomic E-state index is 0. The van der Waals surface area contributed by atoms with Crippen molar-refractivity contribution in [2.45, 2.75) is 24.1 Å². The molecule has 1 atom stereocenters. The van der Waals surface area contributed by atoms with Crippen LogP contribution in [0.15, 0.2) is 11.8 Å². The zero-order valence-electron chi connectivity index (χ0n) is 5.56. The standard InChI is InChI=1S/C6H9BrO.Li/c7-5-3-1-2-4-6(5)8;/h4-5,8H,1-3H2;/q;+1/p-1. The molecule has 0 aliphatic heterocycles. The molecule has 0 aromatic rings. The van der Waals surface area contributed by atoms with Crippen LogP contribution in [-0.4, -0.2) is 4.83 Å². The SMILES string of the molecule is [Li+].[O-]C1=CCCCC1Br. The van der Waals surface area contributed by atoms with Crippen LogP contribution in [0, 0.1) is 0 Å². The summed E-state index contributed by atoms with van der Waals surface area (Å²) in [4.78, 5) is 0.122. The molecule has 0 aromatic carbocycles. The Kier molecular flexibility index (Phi) is 4.74. The normalized spacial score (nSPS) is 26.3. The van der Waals surface area contributed by atoms with Gasteiger partial charge >= 0.3 is 18.9 Å². The first-order valence-corrected chi connectivity index (χ1v) is 3.73. The molecular formula is C6H8BrLiO. The smallest absolute Gasteiger partial charge is 0.875 e. The van der Waals surface area contributed by atoms with Crippen LogP contribution in [0.5, 0.6) is 0 Å². The fourth-order valence-electron chi connectivity index (χ4n) is 0.812. The van der Waals surface area contributed by atoms with Crippen molar-refractivity contribution in [2.75, 3.05) is 0 Å². The molecule has 0 amide bonds. The van der Waals surface area contributed by atoms with Crippen molar-refractivity contribution in [3.8, 4) is 0 Å². The van der Waals surface area contributed by atoms with Gasteiger partial charge in [0.05, 0.1) is 0 Å². The van der Waals surface area contributed by atoms with E-state index in [0.717, 1.165) is 19.3 Å². The first kappa shape index (κ1) is 9.62. The summed E-state index contributed by atoms with van der Waals surface area (Å²) in [5.41, 5.74) is 0. The van der Waals surface area contributed by atoms with E-state index < -0.39 is 0 Å². The molecule has 0 saturated carbocycles. The minimum atomic E-state index is 0. The monoisotopic (exact) mass is 182 g/mol. The van der Waals surface area contributed by atoms with Crippen molar-refractivity contribution < 1.29 is 24.0 Å². The van der Waals surface area contributed by atoms with E-state index in [-0.39, 0.29) is 29.4 Å². The Morgan fingerprint density at radius 2 is 2.33 bits per heavy atom. The van der Waals surface area contributed by atoms with Crippen LogP contribution in [0.3, 0.4) is 0 Å². The Morgan fingerprint density at radius 3 is 2.67 bits per heavy atom. The third-order valence-corrected chi connectivity index (χ3v) is 2.23. The molecule has 0 aromatic heterocycles. The fraction of sp³-hybridized carbons (Fsp3) is 0.667. The van der Waals surface area contributed by atoms with Crippen molar-refractivity contribution in [2.24, 2.45) is 0 Å². The van der Waals surface area contributed by atoms with Gasteiger partial charge in [0.25, 0.3) is 0 Å². The molecule has 0 bridgehead atoms. The number of hydrogen-bond acceptors (Lipinski definition) is 1. The Bertz CT molecular complexity index is 114. The van der Waals surface area contributed by atoms with Crippen molar-refractivity contribution in [1.82, 2.24) is 0 Å². The number of rotatable bonds is 0. The Labute approximate surface area is 75.8 Å². The minimum Gasteiger partial charge on any atom is -0.875 e. The predicted octanol–water partition coefficient (Wildman–Crippen LogP) is -1.82. The number of alkyl halides is 1.